The largest absolute Gasteiger partial charge is 0.506 e. The van der Waals surface area contributed by atoms with Gasteiger partial charge in [-0.25, -0.2) is 4.99 Å². The number of carbonyl (C=O) groups excluding carboxylic acids is 1. The molecule has 1 fully saturated rings. The third-order valence-electron chi connectivity index (χ3n) is 4.27. The number of aliphatic imine (C=N–C) groups is 1. The van der Waals surface area contributed by atoms with E-state index in [9.17, 15) is 20.0 Å². The number of nitrogens with one attached hydrogen (secondary N) is 1. The number of hydrogen-bond donors (Lipinski definition) is 2. The van der Waals surface area contributed by atoms with E-state index in [1.807, 2.05) is 6.92 Å². The molecule has 2 aromatic carbocycles. The quantitative estimate of drug-likeness (QED) is 0.356. The second kappa shape index (κ2) is 7.88. The molecular formula is C21H15N3O5S. The maximum absolute atomic E-state index is 12.3. The summed E-state index contributed by atoms with van der Waals surface area (Å²) >= 11 is 1.14. The van der Waals surface area contributed by atoms with Crippen LogP contribution in [0.15, 0.2) is 68.9 Å². The van der Waals surface area contributed by atoms with Crippen LogP contribution < -0.4 is 5.32 Å². The van der Waals surface area contributed by atoms with Crippen LogP contribution in [0.2, 0.25) is 0 Å². The van der Waals surface area contributed by atoms with Crippen LogP contribution in [0.25, 0.3) is 17.4 Å². The number of nitrogens with zero attached hydrogens (tertiary/aromatic N) is 2. The van der Waals surface area contributed by atoms with Gasteiger partial charge in [0.1, 0.15) is 23.0 Å². The van der Waals surface area contributed by atoms with Crippen molar-refractivity contribution in [3.8, 4) is 17.1 Å². The van der Waals surface area contributed by atoms with Gasteiger partial charge < -0.3 is 14.8 Å². The highest BCUT2D eigenvalue weighted by molar-refractivity contribution is 8.18. The molecule has 3 aromatic rings. The van der Waals surface area contributed by atoms with Gasteiger partial charge in [-0.15, -0.1) is 0 Å². The molecule has 2 heterocycles. The minimum atomic E-state index is -0.465. The summed E-state index contributed by atoms with van der Waals surface area (Å²) in [4.78, 5) is 27.3. The van der Waals surface area contributed by atoms with E-state index < -0.39 is 4.92 Å². The van der Waals surface area contributed by atoms with E-state index in [4.69, 9.17) is 4.42 Å². The van der Waals surface area contributed by atoms with Gasteiger partial charge in [0.2, 0.25) is 0 Å². The van der Waals surface area contributed by atoms with Crippen molar-refractivity contribution in [1.82, 2.24) is 5.32 Å². The molecule has 0 radical (unpaired) electrons. The van der Waals surface area contributed by atoms with Crippen molar-refractivity contribution in [1.29, 1.82) is 0 Å². The lowest BCUT2D eigenvalue weighted by molar-refractivity contribution is -0.384. The van der Waals surface area contributed by atoms with E-state index in [0.717, 1.165) is 17.3 Å². The summed E-state index contributed by atoms with van der Waals surface area (Å²) in [5, 5.41) is 23.7. The van der Waals surface area contributed by atoms with Crippen LogP contribution in [-0.4, -0.2) is 21.1 Å². The molecule has 0 bridgehead atoms. The van der Waals surface area contributed by atoms with Crippen LogP contribution in [0.1, 0.15) is 11.3 Å². The van der Waals surface area contributed by atoms with E-state index in [1.165, 1.54) is 12.1 Å². The SMILES string of the molecule is Cc1ccc(O)c(N=C2NC(=O)/C(=C\c3ccc(-c4ccc([N+](=O)[O-])cc4)o3)S2)c1. The Balaban J connectivity index is 1.54. The summed E-state index contributed by atoms with van der Waals surface area (Å²) in [6.07, 6.45) is 1.59. The first-order chi connectivity index (χ1) is 14.4. The zero-order chi connectivity index (χ0) is 21.3. The van der Waals surface area contributed by atoms with Crippen molar-refractivity contribution in [3.63, 3.8) is 0 Å². The Morgan fingerprint density at radius 2 is 1.93 bits per heavy atom. The van der Waals surface area contributed by atoms with E-state index in [0.29, 0.717) is 32.8 Å². The molecule has 30 heavy (non-hydrogen) atoms. The van der Waals surface area contributed by atoms with Crippen molar-refractivity contribution in [2.24, 2.45) is 4.99 Å². The molecule has 1 aliphatic heterocycles. The number of amidine groups is 1. The van der Waals surface area contributed by atoms with Crippen LogP contribution in [0.4, 0.5) is 11.4 Å². The molecule has 0 spiro atoms. The minimum Gasteiger partial charge on any atom is -0.506 e. The van der Waals surface area contributed by atoms with Crippen molar-refractivity contribution < 1.29 is 19.2 Å². The normalized spacial score (nSPS) is 16.2. The van der Waals surface area contributed by atoms with Gasteiger partial charge in [-0.3, -0.25) is 14.9 Å². The lowest BCUT2D eigenvalue weighted by Crippen LogP contribution is -2.19. The monoisotopic (exact) mass is 421 g/mol. The molecule has 0 aliphatic carbocycles. The van der Waals surface area contributed by atoms with E-state index in [2.05, 4.69) is 10.3 Å². The van der Waals surface area contributed by atoms with E-state index >= 15 is 0 Å². The highest BCUT2D eigenvalue weighted by Gasteiger charge is 2.24. The fourth-order valence-corrected chi connectivity index (χ4v) is 3.59. The van der Waals surface area contributed by atoms with Crippen LogP contribution in [-0.2, 0) is 4.79 Å². The molecule has 0 atom stereocenters. The number of thioether (sulfide) groups is 1. The Labute approximate surface area is 175 Å². The molecule has 1 saturated heterocycles. The first kappa shape index (κ1) is 19.5. The Bertz CT molecular complexity index is 1210. The van der Waals surface area contributed by atoms with Gasteiger partial charge in [0.25, 0.3) is 11.6 Å². The predicted octanol–water partition coefficient (Wildman–Crippen LogP) is 4.76. The molecule has 150 valence electrons. The third-order valence-corrected chi connectivity index (χ3v) is 5.18. The van der Waals surface area contributed by atoms with Crippen LogP contribution in [0.5, 0.6) is 5.75 Å². The highest BCUT2D eigenvalue weighted by Crippen LogP contribution is 2.33. The van der Waals surface area contributed by atoms with Gasteiger partial charge in [0.15, 0.2) is 5.17 Å². The number of nitro benzene ring substituents is 1. The van der Waals surface area contributed by atoms with Crippen LogP contribution >= 0.6 is 11.8 Å². The predicted molar refractivity (Wildman–Crippen MR) is 114 cm³/mol. The Kier molecular flexibility index (Phi) is 5.11. The molecule has 4 rings (SSSR count). The number of amides is 1. The summed E-state index contributed by atoms with van der Waals surface area (Å²) in [7, 11) is 0. The second-order valence-corrected chi connectivity index (χ2v) is 7.51. The average molecular weight is 421 g/mol. The number of rotatable bonds is 4. The molecule has 1 amide bonds. The first-order valence-corrected chi connectivity index (χ1v) is 9.64. The number of phenolic OH excluding ortho intramolecular Hbond substituents is 1. The van der Waals surface area contributed by atoms with Gasteiger partial charge in [-0.05, 0) is 60.6 Å². The smallest absolute Gasteiger partial charge is 0.269 e. The minimum absolute atomic E-state index is 0.00172. The fraction of sp³-hybridized carbons (Fsp3) is 0.0476. The number of hydrogen-bond acceptors (Lipinski definition) is 7. The van der Waals surface area contributed by atoms with Crippen molar-refractivity contribution in [2.45, 2.75) is 6.92 Å². The Morgan fingerprint density at radius 3 is 2.67 bits per heavy atom. The molecule has 2 N–H and O–H groups in total. The van der Waals surface area contributed by atoms with Crippen LogP contribution in [0, 0.1) is 17.0 Å². The molecule has 8 nitrogen and oxygen atoms in total. The van der Waals surface area contributed by atoms with Gasteiger partial charge in [0.05, 0.1) is 9.83 Å². The molecule has 9 heteroatoms. The lowest BCUT2D eigenvalue weighted by Gasteiger charge is -2.01. The maximum Gasteiger partial charge on any atom is 0.269 e. The number of carbonyl (C=O) groups is 1. The molecule has 1 aromatic heterocycles. The highest BCUT2D eigenvalue weighted by atomic mass is 32.2. The van der Waals surface area contributed by atoms with Crippen molar-refractivity contribution in [2.75, 3.05) is 0 Å². The van der Waals surface area contributed by atoms with Crippen molar-refractivity contribution >= 4 is 40.3 Å². The number of furan rings is 1. The summed E-state index contributed by atoms with van der Waals surface area (Å²) in [5.74, 6) is 0.692. The van der Waals surface area contributed by atoms with E-state index in [-0.39, 0.29) is 17.3 Å². The fourth-order valence-electron chi connectivity index (χ4n) is 2.78. The summed E-state index contributed by atoms with van der Waals surface area (Å²) in [6, 6.07) is 14.5. The average Bonchev–Trinajstić information content (AvgIpc) is 3.32. The Hall–Kier alpha value is -3.85. The van der Waals surface area contributed by atoms with Gasteiger partial charge >= 0.3 is 0 Å². The topological polar surface area (TPSA) is 118 Å². The maximum atomic E-state index is 12.3. The first-order valence-electron chi connectivity index (χ1n) is 8.83. The molecule has 0 unspecified atom stereocenters. The number of non-ortho nitro benzene ring substituents is 1. The van der Waals surface area contributed by atoms with Gasteiger partial charge in [-0.1, -0.05) is 6.07 Å². The van der Waals surface area contributed by atoms with Gasteiger partial charge in [0, 0.05) is 23.8 Å². The van der Waals surface area contributed by atoms with E-state index in [1.54, 1.807) is 48.5 Å². The van der Waals surface area contributed by atoms with Crippen LogP contribution in [0.3, 0.4) is 0 Å². The standard InChI is InChI=1S/C21H15N3O5S/c1-12-2-8-17(25)16(10-12)22-21-23-20(26)19(30-21)11-15-7-9-18(29-15)13-3-5-14(6-4-13)24(27)28/h2-11,25H,1H3,(H,22,23,26)/b19-11+. The van der Waals surface area contributed by atoms with Crippen molar-refractivity contribution in [3.05, 3.63) is 80.9 Å². The zero-order valence-corrected chi connectivity index (χ0v) is 16.5. The number of nitro groups is 1. The van der Waals surface area contributed by atoms with Gasteiger partial charge in [-0.2, -0.15) is 0 Å². The number of aromatic hydroxyl groups is 1. The summed E-state index contributed by atoms with van der Waals surface area (Å²) in [6.45, 7) is 1.88. The molecule has 1 aliphatic rings. The second-order valence-electron chi connectivity index (χ2n) is 6.48. The number of phenols is 1. The summed E-state index contributed by atoms with van der Waals surface area (Å²) < 4.78 is 5.75. The molecule has 0 saturated carbocycles. The Morgan fingerprint density at radius 1 is 1.17 bits per heavy atom. The number of benzene rings is 2. The molecular weight excluding hydrogens is 406 g/mol. The zero-order valence-electron chi connectivity index (χ0n) is 15.7. The summed E-state index contributed by atoms with van der Waals surface area (Å²) in [5.41, 5.74) is 1.99. The third kappa shape index (κ3) is 4.11. The lowest BCUT2D eigenvalue weighted by atomic mass is 10.1. The number of aryl methyl sites for hydroxylation is 1.